The van der Waals surface area contributed by atoms with Gasteiger partial charge in [-0.2, -0.15) is 0 Å². The molecule has 0 spiro atoms. The van der Waals surface area contributed by atoms with E-state index in [4.69, 9.17) is 4.74 Å². The molecule has 128 valence electrons. The second kappa shape index (κ2) is 7.54. The van der Waals surface area contributed by atoms with Crippen LogP contribution < -0.4 is 5.32 Å². The summed E-state index contributed by atoms with van der Waals surface area (Å²) in [5.74, 6) is -1.84. The Balaban J connectivity index is 1.64. The Morgan fingerprint density at radius 1 is 1.54 bits per heavy atom. The van der Waals surface area contributed by atoms with Crippen molar-refractivity contribution in [2.24, 2.45) is 5.92 Å². The van der Waals surface area contributed by atoms with Crippen LogP contribution >= 0.6 is 11.3 Å². The number of amides is 1. The number of ether oxygens (including phenoxy) is 1. The maximum atomic E-state index is 12.3. The molecule has 1 saturated heterocycles. The molecule has 2 atom stereocenters. The molecule has 0 saturated carbocycles. The molecular formula is C15H18N4O4S. The van der Waals surface area contributed by atoms with E-state index in [0.29, 0.717) is 26.2 Å². The van der Waals surface area contributed by atoms with E-state index >= 15 is 0 Å². The van der Waals surface area contributed by atoms with Crippen LogP contribution in [-0.4, -0.2) is 51.2 Å². The van der Waals surface area contributed by atoms with Gasteiger partial charge in [0.05, 0.1) is 19.3 Å². The van der Waals surface area contributed by atoms with E-state index < -0.39 is 17.9 Å². The van der Waals surface area contributed by atoms with Gasteiger partial charge < -0.3 is 15.2 Å². The van der Waals surface area contributed by atoms with Crippen LogP contribution in [0.2, 0.25) is 0 Å². The molecule has 0 bridgehead atoms. The fourth-order valence-electron chi connectivity index (χ4n) is 2.67. The summed E-state index contributed by atoms with van der Waals surface area (Å²) in [6, 6.07) is 2.92. The average Bonchev–Trinajstić information content (AvgIpc) is 3.25. The molecule has 8 nitrogen and oxygen atoms in total. The first-order chi connectivity index (χ1) is 11.6. The van der Waals surface area contributed by atoms with E-state index in [2.05, 4.69) is 15.6 Å². The number of aromatic nitrogens is 3. The molecule has 1 amide bonds. The first-order valence-corrected chi connectivity index (χ1v) is 8.55. The Morgan fingerprint density at radius 2 is 2.42 bits per heavy atom. The number of carboxylic acid groups (broad SMARTS) is 1. The lowest BCUT2D eigenvalue weighted by Crippen LogP contribution is -2.48. The van der Waals surface area contributed by atoms with Crippen LogP contribution in [0.4, 0.5) is 0 Å². The van der Waals surface area contributed by atoms with Crippen molar-refractivity contribution in [2.75, 3.05) is 13.2 Å². The zero-order valence-corrected chi connectivity index (χ0v) is 13.7. The highest BCUT2D eigenvalue weighted by Gasteiger charge is 2.32. The Kier molecular flexibility index (Phi) is 5.21. The predicted molar refractivity (Wildman–Crippen MR) is 85.9 cm³/mol. The number of rotatable bonds is 6. The molecule has 0 radical (unpaired) electrons. The zero-order chi connectivity index (χ0) is 16.9. The number of thiophene rings is 1. The lowest BCUT2D eigenvalue weighted by atomic mass is 9.93. The van der Waals surface area contributed by atoms with Gasteiger partial charge in [-0.1, -0.05) is 11.3 Å². The van der Waals surface area contributed by atoms with Gasteiger partial charge in [0.25, 0.3) is 5.91 Å². The minimum Gasteiger partial charge on any atom is -0.480 e. The molecule has 2 aromatic heterocycles. The lowest BCUT2D eigenvalue weighted by molar-refractivity contribution is -0.142. The minimum atomic E-state index is -1.06. The Labute approximate surface area is 142 Å². The van der Waals surface area contributed by atoms with Gasteiger partial charge in [0, 0.05) is 17.4 Å². The summed E-state index contributed by atoms with van der Waals surface area (Å²) >= 11 is 1.59. The third-order valence-electron chi connectivity index (χ3n) is 3.89. The minimum absolute atomic E-state index is 0.106. The smallest absolute Gasteiger partial charge is 0.326 e. The van der Waals surface area contributed by atoms with Crippen molar-refractivity contribution in [1.82, 2.24) is 20.3 Å². The van der Waals surface area contributed by atoms with Crippen molar-refractivity contribution >= 4 is 23.2 Å². The van der Waals surface area contributed by atoms with Crippen LogP contribution in [0, 0.1) is 5.92 Å². The Bertz CT molecular complexity index is 694. The van der Waals surface area contributed by atoms with E-state index in [-0.39, 0.29) is 11.6 Å². The summed E-state index contributed by atoms with van der Waals surface area (Å²) in [7, 11) is 0. The quantitative estimate of drug-likeness (QED) is 0.805. The SMILES string of the molecule is O=C(NC(C(=O)O)C1CCCOC1)c1cn(Cc2cccs2)nn1. The van der Waals surface area contributed by atoms with Crippen molar-refractivity contribution in [1.29, 1.82) is 0 Å². The number of nitrogens with one attached hydrogen (secondary N) is 1. The van der Waals surface area contributed by atoms with E-state index in [1.807, 2.05) is 17.5 Å². The summed E-state index contributed by atoms with van der Waals surface area (Å²) in [6.07, 6.45) is 3.02. The summed E-state index contributed by atoms with van der Waals surface area (Å²) < 4.78 is 6.87. The number of aliphatic carboxylic acids is 1. The summed E-state index contributed by atoms with van der Waals surface area (Å²) in [5, 5.41) is 21.6. The monoisotopic (exact) mass is 350 g/mol. The first-order valence-electron chi connectivity index (χ1n) is 7.67. The van der Waals surface area contributed by atoms with E-state index in [1.165, 1.54) is 6.20 Å². The molecule has 1 aliphatic heterocycles. The molecule has 3 rings (SSSR count). The molecule has 2 aromatic rings. The standard InChI is InChI=1S/C15H18N4O4S/c20-14(16-13(15(21)22)10-3-1-5-23-9-10)12-8-19(18-17-12)7-11-4-2-6-24-11/h2,4,6,8,10,13H,1,3,5,7,9H2,(H,16,20)(H,21,22). The number of carbonyl (C=O) groups is 2. The average molecular weight is 350 g/mol. The number of hydrogen-bond acceptors (Lipinski definition) is 6. The van der Waals surface area contributed by atoms with Gasteiger partial charge >= 0.3 is 5.97 Å². The van der Waals surface area contributed by atoms with Gasteiger partial charge in [-0.15, -0.1) is 16.4 Å². The highest BCUT2D eigenvalue weighted by atomic mass is 32.1. The van der Waals surface area contributed by atoms with Gasteiger partial charge in [0.1, 0.15) is 6.04 Å². The molecule has 1 fully saturated rings. The number of carboxylic acids is 1. The molecule has 3 heterocycles. The van der Waals surface area contributed by atoms with E-state index in [1.54, 1.807) is 16.0 Å². The van der Waals surface area contributed by atoms with E-state index in [9.17, 15) is 14.7 Å². The van der Waals surface area contributed by atoms with Crippen molar-refractivity contribution < 1.29 is 19.4 Å². The molecule has 0 aromatic carbocycles. The molecule has 2 N–H and O–H groups in total. The predicted octanol–water partition coefficient (Wildman–Crippen LogP) is 0.997. The molecule has 1 aliphatic rings. The van der Waals surface area contributed by atoms with Gasteiger partial charge in [-0.3, -0.25) is 4.79 Å². The van der Waals surface area contributed by atoms with Crippen molar-refractivity contribution in [3.05, 3.63) is 34.3 Å². The third kappa shape index (κ3) is 3.98. The number of nitrogens with zero attached hydrogens (tertiary/aromatic N) is 3. The third-order valence-corrected chi connectivity index (χ3v) is 4.75. The van der Waals surface area contributed by atoms with E-state index in [0.717, 1.165) is 11.3 Å². The zero-order valence-electron chi connectivity index (χ0n) is 12.9. The Hall–Kier alpha value is -2.26. The van der Waals surface area contributed by atoms with Crippen molar-refractivity contribution in [3.8, 4) is 0 Å². The maximum Gasteiger partial charge on any atom is 0.326 e. The van der Waals surface area contributed by atoms with Gasteiger partial charge in [-0.05, 0) is 24.3 Å². The van der Waals surface area contributed by atoms with Crippen LogP contribution in [0.25, 0.3) is 0 Å². The fourth-order valence-corrected chi connectivity index (χ4v) is 3.36. The lowest BCUT2D eigenvalue weighted by Gasteiger charge is -2.27. The summed E-state index contributed by atoms with van der Waals surface area (Å²) in [5.41, 5.74) is 0.106. The number of carbonyl (C=O) groups excluding carboxylic acids is 1. The molecule has 0 aliphatic carbocycles. The van der Waals surface area contributed by atoms with Crippen LogP contribution in [0.15, 0.2) is 23.7 Å². The molecular weight excluding hydrogens is 332 g/mol. The molecule has 2 unspecified atom stereocenters. The van der Waals surface area contributed by atoms with Gasteiger partial charge in [0.15, 0.2) is 5.69 Å². The van der Waals surface area contributed by atoms with Crippen LogP contribution in [0.3, 0.4) is 0 Å². The second-order valence-electron chi connectivity index (χ2n) is 5.65. The normalized spacial score (nSPS) is 18.9. The fraction of sp³-hybridized carbons (Fsp3) is 0.467. The molecule has 9 heteroatoms. The highest BCUT2D eigenvalue weighted by molar-refractivity contribution is 7.09. The van der Waals surface area contributed by atoms with Crippen LogP contribution in [0.5, 0.6) is 0 Å². The molecule has 24 heavy (non-hydrogen) atoms. The van der Waals surface area contributed by atoms with Gasteiger partial charge in [-0.25, -0.2) is 9.48 Å². The van der Waals surface area contributed by atoms with Gasteiger partial charge in [0.2, 0.25) is 0 Å². The first kappa shape index (κ1) is 16.6. The largest absolute Gasteiger partial charge is 0.480 e. The van der Waals surface area contributed by atoms with Crippen LogP contribution in [0.1, 0.15) is 28.2 Å². The van der Waals surface area contributed by atoms with Crippen molar-refractivity contribution in [3.63, 3.8) is 0 Å². The second-order valence-corrected chi connectivity index (χ2v) is 6.68. The highest BCUT2D eigenvalue weighted by Crippen LogP contribution is 2.18. The summed E-state index contributed by atoms with van der Waals surface area (Å²) in [6.45, 7) is 1.49. The number of hydrogen-bond donors (Lipinski definition) is 2. The maximum absolute atomic E-state index is 12.3. The van der Waals surface area contributed by atoms with Crippen LogP contribution in [-0.2, 0) is 16.1 Å². The topological polar surface area (TPSA) is 106 Å². The summed E-state index contributed by atoms with van der Waals surface area (Å²) in [4.78, 5) is 24.9. The van der Waals surface area contributed by atoms with Crippen molar-refractivity contribution in [2.45, 2.75) is 25.4 Å². The Morgan fingerprint density at radius 3 is 3.08 bits per heavy atom.